The number of halogens is 1. The van der Waals surface area contributed by atoms with Gasteiger partial charge in [0, 0.05) is 18.3 Å². The minimum absolute atomic E-state index is 0.236. The van der Waals surface area contributed by atoms with Gasteiger partial charge in [0.25, 0.3) is 0 Å². The number of nitrogens with two attached hydrogens (primary N) is 1. The molecule has 0 aliphatic rings. The quantitative estimate of drug-likeness (QED) is 0.776. The molecule has 1 rings (SSSR count). The fourth-order valence-corrected chi connectivity index (χ4v) is 1.24. The lowest BCUT2D eigenvalue weighted by atomic mass is 10.1. The van der Waals surface area contributed by atoms with E-state index in [4.69, 9.17) is 5.73 Å². The predicted octanol–water partition coefficient (Wildman–Crippen LogP) is 2.49. The van der Waals surface area contributed by atoms with Crippen LogP contribution in [0.3, 0.4) is 0 Å². The molecule has 3 heteroatoms. The van der Waals surface area contributed by atoms with Crippen LogP contribution < -0.4 is 11.1 Å². The van der Waals surface area contributed by atoms with Gasteiger partial charge >= 0.3 is 0 Å². The van der Waals surface area contributed by atoms with Crippen LogP contribution in [0.25, 0.3) is 0 Å². The van der Waals surface area contributed by atoms with Gasteiger partial charge in [-0.15, -0.1) is 0 Å². The molecule has 0 amide bonds. The molecule has 0 heterocycles. The minimum Gasteiger partial charge on any atom is -0.382 e. The number of anilines is 1. The van der Waals surface area contributed by atoms with Gasteiger partial charge in [0.15, 0.2) is 0 Å². The van der Waals surface area contributed by atoms with Gasteiger partial charge in [-0.1, -0.05) is 6.92 Å². The summed E-state index contributed by atoms with van der Waals surface area (Å²) in [4.78, 5) is 0. The molecule has 0 fully saturated rings. The third-order valence-corrected chi connectivity index (χ3v) is 2.30. The van der Waals surface area contributed by atoms with Crippen LogP contribution in [0.15, 0.2) is 18.2 Å². The van der Waals surface area contributed by atoms with Crippen molar-refractivity contribution in [3.63, 3.8) is 0 Å². The van der Waals surface area contributed by atoms with E-state index in [1.165, 1.54) is 12.1 Å². The van der Waals surface area contributed by atoms with Gasteiger partial charge in [-0.2, -0.15) is 0 Å². The standard InChI is InChI=1S/C11H17FN2/c1-3-8(2)14-11-5-4-10(12)6-9(11)7-13/h4-6,8,14H,3,7,13H2,1-2H3. The van der Waals surface area contributed by atoms with E-state index in [0.717, 1.165) is 17.7 Å². The molecule has 3 N–H and O–H groups in total. The van der Waals surface area contributed by atoms with Crippen molar-refractivity contribution in [2.24, 2.45) is 5.73 Å². The van der Waals surface area contributed by atoms with E-state index < -0.39 is 0 Å². The molecule has 1 aromatic carbocycles. The van der Waals surface area contributed by atoms with Crippen LogP contribution in [0.5, 0.6) is 0 Å². The Hall–Kier alpha value is -1.09. The SMILES string of the molecule is CCC(C)Nc1ccc(F)cc1CN. The molecule has 0 spiro atoms. The molecule has 0 bridgehead atoms. The lowest BCUT2D eigenvalue weighted by molar-refractivity contribution is 0.625. The third-order valence-electron chi connectivity index (χ3n) is 2.30. The molecule has 1 atom stereocenters. The Bertz CT molecular complexity index is 299. The van der Waals surface area contributed by atoms with Gasteiger partial charge in [-0.25, -0.2) is 4.39 Å². The van der Waals surface area contributed by atoms with Crippen molar-refractivity contribution in [1.82, 2.24) is 0 Å². The van der Waals surface area contributed by atoms with Crippen LogP contribution in [0.1, 0.15) is 25.8 Å². The summed E-state index contributed by atoms with van der Waals surface area (Å²) in [6, 6.07) is 5.05. The summed E-state index contributed by atoms with van der Waals surface area (Å²) < 4.78 is 12.9. The highest BCUT2D eigenvalue weighted by atomic mass is 19.1. The monoisotopic (exact) mass is 196 g/mol. The summed E-state index contributed by atoms with van der Waals surface area (Å²) in [5.74, 6) is -0.236. The first-order valence-electron chi connectivity index (χ1n) is 4.92. The van der Waals surface area contributed by atoms with Gasteiger partial charge in [0.05, 0.1) is 0 Å². The first-order chi connectivity index (χ1) is 6.67. The maximum Gasteiger partial charge on any atom is 0.123 e. The Morgan fingerprint density at radius 1 is 1.50 bits per heavy atom. The molecule has 78 valence electrons. The highest BCUT2D eigenvalue weighted by molar-refractivity contribution is 5.51. The molecule has 14 heavy (non-hydrogen) atoms. The summed E-state index contributed by atoms with van der Waals surface area (Å²) in [5, 5.41) is 3.29. The van der Waals surface area contributed by atoms with E-state index in [-0.39, 0.29) is 5.82 Å². The van der Waals surface area contributed by atoms with Crippen molar-refractivity contribution in [1.29, 1.82) is 0 Å². The Labute approximate surface area is 84.3 Å². The van der Waals surface area contributed by atoms with E-state index in [1.807, 2.05) is 0 Å². The summed E-state index contributed by atoms with van der Waals surface area (Å²) in [7, 11) is 0. The van der Waals surface area contributed by atoms with Gasteiger partial charge in [-0.3, -0.25) is 0 Å². The van der Waals surface area contributed by atoms with Crippen LogP contribution in [-0.4, -0.2) is 6.04 Å². The average molecular weight is 196 g/mol. The van der Waals surface area contributed by atoms with Crippen molar-refractivity contribution in [2.75, 3.05) is 5.32 Å². The zero-order valence-electron chi connectivity index (χ0n) is 8.68. The number of rotatable bonds is 4. The summed E-state index contributed by atoms with van der Waals surface area (Å²) in [5.41, 5.74) is 7.29. The smallest absolute Gasteiger partial charge is 0.123 e. The molecule has 1 aromatic rings. The Balaban J connectivity index is 2.85. The highest BCUT2D eigenvalue weighted by Crippen LogP contribution is 2.17. The number of hydrogen-bond acceptors (Lipinski definition) is 2. The van der Waals surface area contributed by atoms with Crippen LogP contribution in [0.4, 0.5) is 10.1 Å². The maximum atomic E-state index is 12.9. The van der Waals surface area contributed by atoms with Crippen LogP contribution in [-0.2, 0) is 6.54 Å². The minimum atomic E-state index is -0.236. The lowest BCUT2D eigenvalue weighted by Crippen LogP contribution is -2.15. The molecule has 0 aliphatic carbocycles. The molecular formula is C11H17FN2. The molecule has 0 saturated heterocycles. The normalized spacial score (nSPS) is 12.6. The molecule has 0 saturated carbocycles. The topological polar surface area (TPSA) is 38.0 Å². The lowest BCUT2D eigenvalue weighted by Gasteiger charge is -2.16. The summed E-state index contributed by atoms with van der Waals surface area (Å²) in [6.07, 6.45) is 1.03. The van der Waals surface area contributed by atoms with Crippen molar-refractivity contribution in [3.8, 4) is 0 Å². The van der Waals surface area contributed by atoms with Gasteiger partial charge < -0.3 is 11.1 Å². The Kier molecular flexibility index (Phi) is 3.89. The molecular weight excluding hydrogens is 179 g/mol. The van der Waals surface area contributed by atoms with Crippen LogP contribution >= 0.6 is 0 Å². The number of benzene rings is 1. The second-order valence-electron chi connectivity index (χ2n) is 3.46. The van der Waals surface area contributed by atoms with E-state index in [9.17, 15) is 4.39 Å². The first-order valence-corrected chi connectivity index (χ1v) is 4.92. The maximum absolute atomic E-state index is 12.9. The second-order valence-corrected chi connectivity index (χ2v) is 3.46. The van der Waals surface area contributed by atoms with Gasteiger partial charge in [-0.05, 0) is 37.1 Å². The van der Waals surface area contributed by atoms with Crippen molar-refractivity contribution in [3.05, 3.63) is 29.6 Å². The average Bonchev–Trinajstić information content (AvgIpc) is 2.20. The van der Waals surface area contributed by atoms with Crippen molar-refractivity contribution >= 4 is 5.69 Å². The Morgan fingerprint density at radius 2 is 2.21 bits per heavy atom. The largest absolute Gasteiger partial charge is 0.382 e. The van der Waals surface area contributed by atoms with Gasteiger partial charge in [0.2, 0.25) is 0 Å². The van der Waals surface area contributed by atoms with E-state index in [2.05, 4.69) is 19.2 Å². The van der Waals surface area contributed by atoms with E-state index in [0.29, 0.717) is 12.6 Å². The fraction of sp³-hybridized carbons (Fsp3) is 0.455. The summed E-state index contributed by atoms with van der Waals surface area (Å²) in [6.45, 7) is 4.55. The zero-order valence-corrected chi connectivity index (χ0v) is 8.68. The molecule has 1 unspecified atom stereocenters. The van der Waals surface area contributed by atoms with Crippen molar-refractivity contribution < 1.29 is 4.39 Å². The van der Waals surface area contributed by atoms with Crippen molar-refractivity contribution in [2.45, 2.75) is 32.9 Å². The van der Waals surface area contributed by atoms with E-state index in [1.54, 1.807) is 6.07 Å². The molecule has 2 nitrogen and oxygen atoms in total. The van der Waals surface area contributed by atoms with Crippen LogP contribution in [0, 0.1) is 5.82 Å². The zero-order chi connectivity index (χ0) is 10.6. The van der Waals surface area contributed by atoms with E-state index >= 15 is 0 Å². The summed E-state index contributed by atoms with van der Waals surface area (Å²) >= 11 is 0. The number of hydrogen-bond donors (Lipinski definition) is 2. The number of nitrogens with one attached hydrogen (secondary N) is 1. The predicted molar refractivity (Wildman–Crippen MR) is 57.7 cm³/mol. The fourth-order valence-electron chi connectivity index (χ4n) is 1.24. The molecule has 0 aliphatic heterocycles. The van der Waals surface area contributed by atoms with Gasteiger partial charge in [0.1, 0.15) is 5.82 Å². The third kappa shape index (κ3) is 2.70. The highest BCUT2D eigenvalue weighted by Gasteiger charge is 2.04. The molecule has 0 radical (unpaired) electrons. The second kappa shape index (κ2) is 4.96. The van der Waals surface area contributed by atoms with Crippen LogP contribution in [0.2, 0.25) is 0 Å². The first kappa shape index (κ1) is 11.0. The Morgan fingerprint density at radius 3 is 2.79 bits per heavy atom. The molecule has 0 aromatic heterocycles.